The largest absolute Gasteiger partial charge is 0.465 e. The molecule has 1 fully saturated rings. The number of hydrogen-bond donors (Lipinski definition) is 2. The number of hydrogen-bond acceptors (Lipinski definition) is 2. The second-order valence-corrected chi connectivity index (χ2v) is 4.89. The zero-order chi connectivity index (χ0) is 12.7. The number of nitrogens with one attached hydrogen (secondary N) is 1. The summed E-state index contributed by atoms with van der Waals surface area (Å²) in [6.07, 6.45) is 1.04. The molecule has 1 aromatic carbocycles. The summed E-state index contributed by atoms with van der Waals surface area (Å²) in [6, 6.07) is 5.60. The molecule has 2 aliphatic rings. The Morgan fingerprint density at radius 2 is 1.94 bits per heavy atom. The summed E-state index contributed by atoms with van der Waals surface area (Å²) in [7, 11) is 0. The molecule has 1 aliphatic carbocycles. The Kier molecular flexibility index (Phi) is 2.47. The first-order valence-electron chi connectivity index (χ1n) is 6.04. The quantitative estimate of drug-likeness (QED) is 0.838. The standard InChI is InChI=1S/C13H14N2O3/c16-12(8-1-2-8)14-11-4-3-9-6-15(13(17)18)7-10(9)5-11/h3-5,8H,1-2,6-7H2,(H,14,16)(H,17,18). The van der Waals surface area contributed by atoms with Gasteiger partial charge in [0.15, 0.2) is 0 Å². The Morgan fingerprint density at radius 3 is 2.61 bits per heavy atom. The van der Waals surface area contributed by atoms with Gasteiger partial charge in [0.2, 0.25) is 5.91 Å². The van der Waals surface area contributed by atoms with Crippen molar-refractivity contribution in [1.82, 2.24) is 4.90 Å². The van der Waals surface area contributed by atoms with Gasteiger partial charge < -0.3 is 10.4 Å². The lowest BCUT2D eigenvalue weighted by atomic mass is 10.1. The molecule has 18 heavy (non-hydrogen) atoms. The van der Waals surface area contributed by atoms with E-state index >= 15 is 0 Å². The minimum Gasteiger partial charge on any atom is -0.465 e. The maximum Gasteiger partial charge on any atom is 0.407 e. The molecule has 0 atom stereocenters. The van der Waals surface area contributed by atoms with Gasteiger partial charge in [0.05, 0.1) is 0 Å². The lowest BCUT2D eigenvalue weighted by Crippen LogP contribution is -2.22. The maximum atomic E-state index is 11.6. The number of carboxylic acid groups (broad SMARTS) is 1. The average Bonchev–Trinajstić information content (AvgIpc) is 3.09. The highest BCUT2D eigenvalue weighted by Gasteiger charge is 2.30. The SMILES string of the molecule is O=C(Nc1ccc2c(c1)CN(C(=O)O)C2)C1CC1. The van der Waals surface area contributed by atoms with Crippen LogP contribution in [0.5, 0.6) is 0 Å². The normalized spacial score (nSPS) is 17.4. The zero-order valence-corrected chi connectivity index (χ0v) is 9.85. The molecule has 1 saturated carbocycles. The monoisotopic (exact) mass is 246 g/mol. The third-order valence-corrected chi connectivity index (χ3v) is 3.41. The highest BCUT2D eigenvalue weighted by molar-refractivity contribution is 5.94. The molecule has 5 nitrogen and oxygen atoms in total. The van der Waals surface area contributed by atoms with Crippen molar-refractivity contribution in [2.45, 2.75) is 25.9 Å². The van der Waals surface area contributed by atoms with Gasteiger partial charge >= 0.3 is 6.09 Å². The van der Waals surface area contributed by atoms with Crippen molar-refractivity contribution in [1.29, 1.82) is 0 Å². The smallest absolute Gasteiger partial charge is 0.407 e. The predicted octanol–water partition coefficient (Wildman–Crippen LogP) is 2.03. The first-order chi connectivity index (χ1) is 8.63. The molecule has 1 aromatic rings. The third-order valence-electron chi connectivity index (χ3n) is 3.41. The summed E-state index contributed by atoms with van der Waals surface area (Å²) in [5, 5.41) is 11.8. The van der Waals surface area contributed by atoms with Crippen molar-refractivity contribution in [2.75, 3.05) is 5.32 Å². The Hall–Kier alpha value is -2.04. The fourth-order valence-corrected chi connectivity index (χ4v) is 2.20. The van der Waals surface area contributed by atoms with Crippen LogP contribution in [0.15, 0.2) is 18.2 Å². The molecule has 1 aliphatic heterocycles. The summed E-state index contributed by atoms with van der Waals surface area (Å²) in [4.78, 5) is 23.9. The van der Waals surface area contributed by atoms with Crippen molar-refractivity contribution in [2.24, 2.45) is 5.92 Å². The summed E-state index contributed by atoms with van der Waals surface area (Å²) in [6.45, 7) is 0.833. The van der Waals surface area contributed by atoms with Gasteiger partial charge in [-0.25, -0.2) is 4.79 Å². The predicted molar refractivity (Wildman–Crippen MR) is 65.1 cm³/mol. The molecule has 94 valence electrons. The fourth-order valence-electron chi connectivity index (χ4n) is 2.20. The zero-order valence-electron chi connectivity index (χ0n) is 9.85. The van der Waals surface area contributed by atoms with E-state index in [-0.39, 0.29) is 11.8 Å². The Bertz CT molecular complexity index is 523. The van der Waals surface area contributed by atoms with Crippen LogP contribution < -0.4 is 5.32 Å². The van der Waals surface area contributed by atoms with Crippen molar-refractivity contribution in [3.05, 3.63) is 29.3 Å². The lowest BCUT2D eigenvalue weighted by molar-refractivity contribution is -0.117. The Balaban J connectivity index is 1.74. The van der Waals surface area contributed by atoms with E-state index in [4.69, 9.17) is 5.11 Å². The first-order valence-corrected chi connectivity index (χ1v) is 6.04. The van der Waals surface area contributed by atoms with E-state index in [1.54, 1.807) is 0 Å². The van der Waals surface area contributed by atoms with E-state index in [2.05, 4.69) is 5.32 Å². The van der Waals surface area contributed by atoms with Crippen molar-refractivity contribution < 1.29 is 14.7 Å². The number of benzene rings is 1. The molecule has 3 rings (SSSR count). The Morgan fingerprint density at radius 1 is 1.22 bits per heavy atom. The highest BCUT2D eigenvalue weighted by Crippen LogP contribution is 2.31. The molecule has 0 radical (unpaired) electrons. The minimum absolute atomic E-state index is 0.0723. The van der Waals surface area contributed by atoms with E-state index in [0.717, 1.165) is 29.7 Å². The van der Waals surface area contributed by atoms with Crippen LogP contribution in [0.25, 0.3) is 0 Å². The molecule has 5 heteroatoms. The average molecular weight is 246 g/mol. The fraction of sp³-hybridized carbons (Fsp3) is 0.385. The van der Waals surface area contributed by atoms with E-state index in [0.29, 0.717) is 13.1 Å². The summed E-state index contributed by atoms with van der Waals surface area (Å²) in [5.74, 6) is 0.247. The van der Waals surface area contributed by atoms with E-state index in [9.17, 15) is 9.59 Å². The Labute approximate surface area is 104 Å². The van der Waals surface area contributed by atoms with Crippen LogP contribution in [0.4, 0.5) is 10.5 Å². The molecular formula is C13H14N2O3. The van der Waals surface area contributed by atoms with Crippen molar-refractivity contribution in [3.63, 3.8) is 0 Å². The highest BCUT2D eigenvalue weighted by atomic mass is 16.4. The number of carbonyl (C=O) groups is 2. The third kappa shape index (κ3) is 2.03. The molecule has 0 bridgehead atoms. The summed E-state index contributed by atoms with van der Waals surface area (Å²) < 4.78 is 0. The number of rotatable bonds is 2. The van der Waals surface area contributed by atoms with Crippen LogP contribution in [0.2, 0.25) is 0 Å². The van der Waals surface area contributed by atoms with Crippen LogP contribution in [0.1, 0.15) is 24.0 Å². The molecule has 1 heterocycles. The number of nitrogens with zero attached hydrogens (tertiary/aromatic N) is 1. The van der Waals surface area contributed by atoms with Gasteiger partial charge in [-0.2, -0.15) is 0 Å². The first kappa shape index (κ1) is 11.1. The van der Waals surface area contributed by atoms with Crippen LogP contribution >= 0.6 is 0 Å². The van der Waals surface area contributed by atoms with Gasteiger partial charge in [0.25, 0.3) is 0 Å². The van der Waals surface area contributed by atoms with Crippen LogP contribution in [0.3, 0.4) is 0 Å². The number of fused-ring (bicyclic) bond motifs is 1. The summed E-state index contributed by atoms with van der Waals surface area (Å²) in [5.41, 5.74) is 2.76. The van der Waals surface area contributed by atoms with Crippen molar-refractivity contribution in [3.8, 4) is 0 Å². The van der Waals surface area contributed by atoms with Crippen LogP contribution in [0, 0.1) is 5.92 Å². The second-order valence-electron chi connectivity index (χ2n) is 4.89. The van der Waals surface area contributed by atoms with E-state index in [1.165, 1.54) is 4.90 Å². The summed E-state index contributed by atoms with van der Waals surface area (Å²) >= 11 is 0. The second kappa shape index (κ2) is 4.01. The van der Waals surface area contributed by atoms with Gasteiger partial charge in [-0.3, -0.25) is 9.69 Å². The van der Waals surface area contributed by atoms with Gasteiger partial charge in [-0.15, -0.1) is 0 Å². The lowest BCUT2D eigenvalue weighted by Gasteiger charge is -2.08. The van der Waals surface area contributed by atoms with E-state index < -0.39 is 6.09 Å². The van der Waals surface area contributed by atoms with Crippen LogP contribution in [-0.2, 0) is 17.9 Å². The van der Waals surface area contributed by atoms with Gasteiger partial charge in [-0.05, 0) is 36.1 Å². The maximum absolute atomic E-state index is 11.6. The molecule has 0 saturated heterocycles. The van der Waals surface area contributed by atoms with Gasteiger partial charge in [0, 0.05) is 24.7 Å². The molecule has 0 unspecified atom stereocenters. The molecule has 0 spiro atoms. The number of carbonyl (C=O) groups excluding carboxylic acids is 1. The molecular weight excluding hydrogens is 232 g/mol. The van der Waals surface area contributed by atoms with Gasteiger partial charge in [-0.1, -0.05) is 6.07 Å². The molecule has 2 N–H and O–H groups in total. The molecule has 0 aromatic heterocycles. The van der Waals surface area contributed by atoms with Crippen LogP contribution in [-0.4, -0.2) is 22.0 Å². The van der Waals surface area contributed by atoms with Crippen molar-refractivity contribution >= 4 is 17.7 Å². The number of amides is 2. The molecule has 2 amide bonds. The van der Waals surface area contributed by atoms with E-state index in [1.807, 2.05) is 18.2 Å². The topological polar surface area (TPSA) is 69.6 Å². The number of anilines is 1. The van der Waals surface area contributed by atoms with Gasteiger partial charge in [0.1, 0.15) is 0 Å². The minimum atomic E-state index is -0.908.